The molecule has 0 radical (unpaired) electrons. The van der Waals surface area contributed by atoms with Crippen LogP contribution in [0, 0.1) is 6.92 Å². The fraction of sp³-hybridized carbons (Fsp3) is 0.556. The molecule has 1 heteroatoms. The Kier molecular flexibility index (Phi) is 5.65. The van der Waals surface area contributed by atoms with Gasteiger partial charge < -0.3 is 5.32 Å². The van der Waals surface area contributed by atoms with E-state index in [0.717, 1.165) is 6.54 Å². The molecule has 0 aliphatic heterocycles. The number of benzene rings is 1. The Bertz CT molecular complexity index is 402. The molecule has 0 spiro atoms. The highest BCUT2D eigenvalue weighted by molar-refractivity contribution is 5.22. The molecule has 0 saturated carbocycles. The van der Waals surface area contributed by atoms with Crippen LogP contribution in [0.15, 0.2) is 35.9 Å². The molecule has 0 fully saturated rings. The predicted molar refractivity (Wildman–Crippen MR) is 83.5 cm³/mol. The molecule has 0 amide bonds. The van der Waals surface area contributed by atoms with Gasteiger partial charge in [0.05, 0.1) is 0 Å². The second-order valence-electron chi connectivity index (χ2n) is 5.66. The minimum atomic E-state index is 0.589. The topological polar surface area (TPSA) is 12.0 Å². The molecule has 0 heterocycles. The van der Waals surface area contributed by atoms with Crippen LogP contribution in [-0.2, 0) is 6.42 Å². The lowest BCUT2D eigenvalue weighted by Crippen LogP contribution is -2.32. The zero-order chi connectivity index (χ0) is 13.5. The monoisotopic (exact) mass is 257 g/mol. The van der Waals surface area contributed by atoms with Gasteiger partial charge in [-0.05, 0) is 57.6 Å². The first kappa shape index (κ1) is 14.3. The number of rotatable bonds is 6. The Labute approximate surface area is 118 Å². The summed E-state index contributed by atoms with van der Waals surface area (Å²) in [5.74, 6) is 0. The summed E-state index contributed by atoms with van der Waals surface area (Å²) in [6, 6.07) is 9.57. The van der Waals surface area contributed by atoms with Crippen LogP contribution < -0.4 is 5.32 Å². The minimum absolute atomic E-state index is 0.589. The Morgan fingerprint density at radius 1 is 1.16 bits per heavy atom. The molecule has 104 valence electrons. The molecule has 0 bridgehead atoms. The summed E-state index contributed by atoms with van der Waals surface area (Å²) >= 11 is 0. The molecule has 0 saturated heterocycles. The lowest BCUT2D eigenvalue weighted by Gasteiger charge is -2.24. The van der Waals surface area contributed by atoms with E-state index < -0.39 is 0 Å². The summed E-state index contributed by atoms with van der Waals surface area (Å²) in [5, 5.41) is 3.67. The highest BCUT2D eigenvalue weighted by Gasteiger charge is 2.15. The van der Waals surface area contributed by atoms with Gasteiger partial charge in [0.25, 0.3) is 0 Å². The van der Waals surface area contributed by atoms with Crippen LogP contribution in [0.3, 0.4) is 0 Å². The zero-order valence-corrected chi connectivity index (χ0v) is 12.4. The van der Waals surface area contributed by atoms with Gasteiger partial charge in [0.15, 0.2) is 0 Å². The maximum absolute atomic E-state index is 3.67. The van der Waals surface area contributed by atoms with Crippen molar-refractivity contribution in [3.63, 3.8) is 0 Å². The third kappa shape index (κ3) is 4.50. The van der Waals surface area contributed by atoms with Gasteiger partial charge in [-0.1, -0.05) is 48.4 Å². The van der Waals surface area contributed by atoms with Crippen LogP contribution in [0.1, 0.15) is 50.2 Å². The van der Waals surface area contributed by atoms with Crippen molar-refractivity contribution in [2.24, 2.45) is 0 Å². The molecular formula is C18H27N. The summed E-state index contributed by atoms with van der Waals surface area (Å²) < 4.78 is 0. The van der Waals surface area contributed by atoms with Gasteiger partial charge in [0, 0.05) is 6.04 Å². The molecule has 2 rings (SSSR count). The van der Waals surface area contributed by atoms with Gasteiger partial charge >= 0.3 is 0 Å². The summed E-state index contributed by atoms with van der Waals surface area (Å²) in [6.07, 6.45) is 10.2. The maximum Gasteiger partial charge on any atom is 0.0282 e. The predicted octanol–water partition coefficient (Wildman–Crippen LogP) is 4.41. The molecule has 1 atom stereocenters. The van der Waals surface area contributed by atoms with Crippen molar-refractivity contribution >= 4 is 0 Å². The van der Waals surface area contributed by atoms with Gasteiger partial charge in [-0.15, -0.1) is 0 Å². The van der Waals surface area contributed by atoms with E-state index in [1.807, 2.05) is 0 Å². The van der Waals surface area contributed by atoms with E-state index in [2.05, 4.69) is 49.5 Å². The van der Waals surface area contributed by atoms with Crippen molar-refractivity contribution in [2.45, 2.75) is 58.4 Å². The van der Waals surface area contributed by atoms with Gasteiger partial charge in [-0.2, -0.15) is 0 Å². The Morgan fingerprint density at radius 2 is 1.95 bits per heavy atom. The molecular weight excluding hydrogens is 230 g/mol. The van der Waals surface area contributed by atoms with Crippen LogP contribution in [0.4, 0.5) is 0 Å². The molecule has 1 aliphatic rings. The smallest absolute Gasteiger partial charge is 0.0282 e. The first-order valence-corrected chi connectivity index (χ1v) is 7.77. The normalized spacial score (nSPS) is 17.1. The molecule has 0 aromatic heterocycles. The summed E-state index contributed by atoms with van der Waals surface area (Å²) in [5.41, 5.74) is 4.46. The minimum Gasteiger partial charge on any atom is -0.311 e. The van der Waals surface area contributed by atoms with Crippen molar-refractivity contribution in [1.29, 1.82) is 0 Å². The first-order valence-electron chi connectivity index (χ1n) is 7.77. The molecule has 1 aromatic carbocycles. The number of allylic oxidation sites excluding steroid dienone is 1. The number of aryl methyl sites for hydroxylation is 2. The van der Waals surface area contributed by atoms with Crippen molar-refractivity contribution in [3.05, 3.63) is 47.0 Å². The molecule has 1 nitrogen and oxygen atoms in total. The quantitative estimate of drug-likeness (QED) is 0.745. The summed E-state index contributed by atoms with van der Waals surface area (Å²) in [6.45, 7) is 5.43. The third-order valence-electron chi connectivity index (χ3n) is 4.07. The fourth-order valence-corrected chi connectivity index (χ4v) is 2.91. The van der Waals surface area contributed by atoms with E-state index in [1.54, 1.807) is 5.57 Å². The van der Waals surface area contributed by atoms with Gasteiger partial charge in [-0.25, -0.2) is 0 Å². The van der Waals surface area contributed by atoms with E-state index in [9.17, 15) is 0 Å². The summed E-state index contributed by atoms with van der Waals surface area (Å²) in [4.78, 5) is 0. The third-order valence-corrected chi connectivity index (χ3v) is 4.07. The maximum atomic E-state index is 3.67. The van der Waals surface area contributed by atoms with Crippen LogP contribution in [0.25, 0.3) is 0 Å². The van der Waals surface area contributed by atoms with Gasteiger partial charge in [0.1, 0.15) is 0 Å². The molecule has 1 aliphatic carbocycles. The summed E-state index contributed by atoms with van der Waals surface area (Å²) in [7, 11) is 0. The average Bonchev–Trinajstić information content (AvgIpc) is 2.46. The standard InChI is InChI=1S/C18H27N/c1-3-19-18(17-7-5-4-6-8-17)14-13-16-11-9-15(2)10-12-16/h7,9-12,18-19H,3-6,8,13-14H2,1-2H3. The van der Waals surface area contributed by atoms with Crippen molar-refractivity contribution in [3.8, 4) is 0 Å². The van der Waals surface area contributed by atoms with E-state index >= 15 is 0 Å². The Balaban J connectivity index is 1.92. The van der Waals surface area contributed by atoms with Crippen LogP contribution in [-0.4, -0.2) is 12.6 Å². The van der Waals surface area contributed by atoms with E-state index in [0.29, 0.717) is 6.04 Å². The largest absolute Gasteiger partial charge is 0.311 e. The van der Waals surface area contributed by atoms with Gasteiger partial charge in [0.2, 0.25) is 0 Å². The molecule has 19 heavy (non-hydrogen) atoms. The SMILES string of the molecule is CCNC(CCc1ccc(C)cc1)C1=CCCCC1. The second kappa shape index (κ2) is 7.49. The lowest BCUT2D eigenvalue weighted by molar-refractivity contribution is 0.515. The second-order valence-corrected chi connectivity index (χ2v) is 5.66. The lowest BCUT2D eigenvalue weighted by atomic mass is 9.90. The number of hydrogen-bond acceptors (Lipinski definition) is 1. The highest BCUT2D eigenvalue weighted by Crippen LogP contribution is 2.23. The molecule has 1 N–H and O–H groups in total. The van der Waals surface area contributed by atoms with Crippen molar-refractivity contribution in [2.75, 3.05) is 6.54 Å². The number of nitrogens with one attached hydrogen (secondary N) is 1. The molecule has 1 aromatic rings. The van der Waals surface area contributed by atoms with Crippen molar-refractivity contribution < 1.29 is 0 Å². The number of likely N-dealkylation sites (N-methyl/N-ethyl adjacent to an activating group) is 1. The van der Waals surface area contributed by atoms with Gasteiger partial charge in [-0.3, -0.25) is 0 Å². The van der Waals surface area contributed by atoms with E-state index in [4.69, 9.17) is 0 Å². The number of hydrogen-bond donors (Lipinski definition) is 1. The first-order chi connectivity index (χ1) is 9.29. The van der Waals surface area contributed by atoms with E-state index in [-0.39, 0.29) is 0 Å². The van der Waals surface area contributed by atoms with Crippen LogP contribution in [0.2, 0.25) is 0 Å². The fourth-order valence-electron chi connectivity index (χ4n) is 2.91. The molecule has 1 unspecified atom stereocenters. The zero-order valence-electron chi connectivity index (χ0n) is 12.4. The Morgan fingerprint density at radius 3 is 2.58 bits per heavy atom. The van der Waals surface area contributed by atoms with E-state index in [1.165, 1.54) is 49.7 Å². The Hall–Kier alpha value is -1.08. The van der Waals surface area contributed by atoms with Crippen molar-refractivity contribution in [1.82, 2.24) is 5.32 Å². The average molecular weight is 257 g/mol. The highest BCUT2D eigenvalue weighted by atomic mass is 14.9. The van der Waals surface area contributed by atoms with Crippen LogP contribution >= 0.6 is 0 Å². The van der Waals surface area contributed by atoms with Crippen LogP contribution in [0.5, 0.6) is 0 Å².